The summed E-state index contributed by atoms with van der Waals surface area (Å²) in [5.41, 5.74) is 1.58. The van der Waals surface area contributed by atoms with Crippen LogP contribution in [0.2, 0.25) is 0 Å². The number of rotatable bonds is 7. The Morgan fingerprint density at radius 2 is 1.88 bits per heavy atom. The number of allylic oxidation sites excluding steroid dienone is 4. The van der Waals surface area contributed by atoms with E-state index in [9.17, 15) is 15.0 Å². The third kappa shape index (κ3) is 3.96. The number of carbonyl (C=O) groups excluding carboxylic acids is 1. The molecule has 1 aliphatic carbocycles. The Balaban J connectivity index is 2.31. The van der Waals surface area contributed by atoms with Crippen molar-refractivity contribution in [2.24, 2.45) is 0 Å². The lowest BCUT2D eigenvalue weighted by Crippen LogP contribution is -2.06. The van der Waals surface area contributed by atoms with Crippen molar-refractivity contribution >= 4 is 29.0 Å². The Labute approximate surface area is 152 Å². The quantitative estimate of drug-likeness (QED) is 0.477. The van der Waals surface area contributed by atoms with E-state index >= 15 is 0 Å². The van der Waals surface area contributed by atoms with Crippen LogP contribution in [-0.4, -0.2) is 16.0 Å². The second-order valence-corrected chi connectivity index (χ2v) is 7.03. The molecule has 0 aliphatic heterocycles. The summed E-state index contributed by atoms with van der Waals surface area (Å²) >= 11 is 11.9. The Hall–Kier alpha value is -1.45. The minimum atomic E-state index is -0.433. The lowest BCUT2D eigenvalue weighted by atomic mass is 9.93. The van der Waals surface area contributed by atoms with Crippen molar-refractivity contribution in [1.29, 1.82) is 0 Å². The average molecular weight is 369 g/mol. The first-order valence-corrected chi connectivity index (χ1v) is 8.96. The summed E-state index contributed by atoms with van der Waals surface area (Å²) in [7, 11) is 0. The van der Waals surface area contributed by atoms with Gasteiger partial charge in [0.15, 0.2) is 5.78 Å². The highest BCUT2D eigenvalue weighted by molar-refractivity contribution is 6.41. The second kappa shape index (κ2) is 8.09. The van der Waals surface area contributed by atoms with Crippen molar-refractivity contribution < 1.29 is 15.0 Å². The van der Waals surface area contributed by atoms with Gasteiger partial charge >= 0.3 is 0 Å². The van der Waals surface area contributed by atoms with E-state index in [-0.39, 0.29) is 23.5 Å². The second-order valence-electron chi connectivity index (χ2n) is 6.16. The molecule has 1 aromatic rings. The highest BCUT2D eigenvalue weighted by atomic mass is 35.5. The molecule has 3 nitrogen and oxygen atoms in total. The molecule has 2 rings (SSSR count). The number of aromatic hydroxyl groups is 2. The van der Waals surface area contributed by atoms with Crippen LogP contribution in [0.4, 0.5) is 0 Å². The number of Topliss-reactive ketones (excluding diaryl/α,β-unsaturated/α-hetero) is 1. The molecule has 0 saturated carbocycles. The first-order valence-electron chi connectivity index (χ1n) is 8.20. The number of halogens is 2. The van der Waals surface area contributed by atoms with Gasteiger partial charge in [0.1, 0.15) is 17.1 Å². The van der Waals surface area contributed by atoms with Gasteiger partial charge in [-0.05, 0) is 43.0 Å². The summed E-state index contributed by atoms with van der Waals surface area (Å²) in [5.74, 6) is -0.758. The van der Waals surface area contributed by atoms with E-state index in [1.54, 1.807) is 13.0 Å². The monoisotopic (exact) mass is 368 g/mol. The summed E-state index contributed by atoms with van der Waals surface area (Å²) < 4.78 is 0. The maximum atomic E-state index is 12.7. The van der Waals surface area contributed by atoms with Gasteiger partial charge in [0.05, 0.1) is 5.03 Å². The maximum absolute atomic E-state index is 12.7. The van der Waals surface area contributed by atoms with Gasteiger partial charge in [0.25, 0.3) is 0 Å². The molecule has 0 unspecified atom stereocenters. The smallest absolute Gasteiger partial charge is 0.196 e. The average Bonchev–Trinajstić information content (AvgIpc) is 2.88. The van der Waals surface area contributed by atoms with Crippen LogP contribution in [0.1, 0.15) is 60.5 Å². The number of unbranched alkanes of at least 4 members (excludes halogenated alkanes) is 3. The molecular formula is C19H22Cl2O3. The van der Waals surface area contributed by atoms with Gasteiger partial charge in [0, 0.05) is 17.0 Å². The molecule has 1 aliphatic rings. The summed E-state index contributed by atoms with van der Waals surface area (Å²) in [4.78, 5) is 12.7. The van der Waals surface area contributed by atoms with Crippen LogP contribution in [0, 0.1) is 6.92 Å². The lowest BCUT2D eigenvalue weighted by Gasteiger charge is -2.14. The van der Waals surface area contributed by atoms with E-state index in [2.05, 4.69) is 6.92 Å². The number of aryl methyl sites for hydroxylation is 2. The van der Waals surface area contributed by atoms with Crippen molar-refractivity contribution in [3.8, 4) is 11.5 Å². The molecule has 0 heterocycles. The highest BCUT2D eigenvalue weighted by Gasteiger charge is 2.27. The predicted molar refractivity (Wildman–Crippen MR) is 98.1 cm³/mol. The molecule has 24 heavy (non-hydrogen) atoms. The molecule has 0 amide bonds. The topological polar surface area (TPSA) is 57.5 Å². The third-order valence-corrected chi connectivity index (χ3v) is 5.04. The Bertz CT molecular complexity index is 718. The van der Waals surface area contributed by atoms with Crippen LogP contribution in [0.15, 0.2) is 27.8 Å². The van der Waals surface area contributed by atoms with E-state index in [4.69, 9.17) is 23.2 Å². The molecule has 0 radical (unpaired) electrons. The number of carbonyl (C=O) groups is 1. The largest absolute Gasteiger partial charge is 0.507 e. The molecule has 0 atom stereocenters. The maximum Gasteiger partial charge on any atom is 0.196 e. The third-order valence-electron chi connectivity index (χ3n) is 4.27. The molecule has 0 spiro atoms. The van der Waals surface area contributed by atoms with Crippen LogP contribution >= 0.6 is 23.2 Å². The van der Waals surface area contributed by atoms with Crippen molar-refractivity contribution in [3.63, 3.8) is 0 Å². The molecule has 0 aromatic heterocycles. The van der Waals surface area contributed by atoms with Gasteiger partial charge in [-0.1, -0.05) is 49.4 Å². The summed E-state index contributed by atoms with van der Waals surface area (Å²) in [6.45, 7) is 3.86. The van der Waals surface area contributed by atoms with Crippen LogP contribution in [0.5, 0.6) is 11.5 Å². The SMILES string of the molecule is CCCCCCc1cc(C)c(O)c(C(=O)C2=CC(Cl)=C(Cl)C2)c1O. The Morgan fingerprint density at radius 3 is 2.46 bits per heavy atom. The van der Waals surface area contributed by atoms with Gasteiger partial charge in [-0.3, -0.25) is 4.79 Å². The Kier molecular flexibility index (Phi) is 6.36. The van der Waals surface area contributed by atoms with E-state index in [1.165, 1.54) is 6.08 Å². The van der Waals surface area contributed by atoms with Gasteiger partial charge < -0.3 is 10.2 Å². The van der Waals surface area contributed by atoms with Crippen molar-refractivity contribution in [3.05, 3.63) is 44.5 Å². The number of ketones is 1. The molecular weight excluding hydrogens is 347 g/mol. The van der Waals surface area contributed by atoms with Crippen LogP contribution in [0.3, 0.4) is 0 Å². The standard InChI is InChI=1S/C19H22Cl2O3/c1-3-4-5-6-7-12-8-11(2)17(22)16(18(12)23)19(24)13-9-14(20)15(21)10-13/h8-9,22-23H,3-7,10H2,1-2H3. The van der Waals surface area contributed by atoms with E-state index in [1.807, 2.05) is 0 Å². The fourth-order valence-electron chi connectivity index (χ4n) is 2.86. The fraction of sp³-hybridized carbons (Fsp3) is 0.421. The van der Waals surface area contributed by atoms with Crippen molar-refractivity contribution in [2.75, 3.05) is 0 Å². The lowest BCUT2D eigenvalue weighted by molar-refractivity contribution is 0.102. The van der Waals surface area contributed by atoms with Gasteiger partial charge in [0.2, 0.25) is 0 Å². The van der Waals surface area contributed by atoms with Crippen LogP contribution in [0.25, 0.3) is 0 Å². The fourth-order valence-corrected chi connectivity index (χ4v) is 3.25. The number of phenolic OH excluding ortho intramolecular Hbond substituents is 2. The first kappa shape index (κ1) is 18.9. The minimum Gasteiger partial charge on any atom is -0.507 e. The van der Waals surface area contributed by atoms with Gasteiger partial charge in [-0.2, -0.15) is 0 Å². The zero-order valence-electron chi connectivity index (χ0n) is 14.0. The molecule has 1 aromatic carbocycles. The van der Waals surface area contributed by atoms with Crippen molar-refractivity contribution in [2.45, 2.75) is 52.4 Å². The van der Waals surface area contributed by atoms with Crippen LogP contribution in [-0.2, 0) is 6.42 Å². The highest BCUT2D eigenvalue weighted by Crippen LogP contribution is 2.39. The molecule has 2 N–H and O–H groups in total. The molecule has 130 valence electrons. The van der Waals surface area contributed by atoms with Gasteiger partial charge in [-0.25, -0.2) is 0 Å². The number of hydrogen-bond donors (Lipinski definition) is 2. The van der Waals surface area contributed by atoms with E-state index < -0.39 is 5.78 Å². The summed E-state index contributed by atoms with van der Waals surface area (Å²) in [6.07, 6.45) is 6.66. The number of phenols is 2. The molecule has 0 fully saturated rings. The number of benzene rings is 1. The first-order chi connectivity index (χ1) is 11.4. The molecule has 0 bridgehead atoms. The van der Waals surface area contributed by atoms with Gasteiger partial charge in [-0.15, -0.1) is 0 Å². The minimum absolute atomic E-state index is 0.0532. The van der Waals surface area contributed by atoms with Crippen LogP contribution < -0.4 is 0 Å². The summed E-state index contributed by atoms with van der Waals surface area (Å²) in [6, 6.07) is 1.74. The normalized spacial score (nSPS) is 14.2. The number of hydrogen-bond acceptors (Lipinski definition) is 3. The predicted octanol–water partition coefficient (Wildman–Crippen LogP) is 5.73. The van der Waals surface area contributed by atoms with Crippen molar-refractivity contribution in [1.82, 2.24) is 0 Å². The van der Waals surface area contributed by atoms with E-state index in [0.717, 1.165) is 25.7 Å². The Morgan fingerprint density at radius 1 is 1.17 bits per heavy atom. The van der Waals surface area contributed by atoms with E-state index in [0.29, 0.717) is 33.2 Å². The molecule has 5 heteroatoms. The molecule has 0 saturated heterocycles. The summed E-state index contributed by atoms with van der Waals surface area (Å²) in [5, 5.41) is 21.5. The zero-order valence-corrected chi connectivity index (χ0v) is 15.5. The zero-order chi connectivity index (χ0) is 17.9.